The number of allylic oxidation sites excluding steroid dienone is 2. The van der Waals surface area contributed by atoms with Gasteiger partial charge in [0.15, 0.2) is 0 Å². The van der Waals surface area contributed by atoms with E-state index in [4.69, 9.17) is 14.2 Å². The lowest BCUT2D eigenvalue weighted by atomic mass is 9.80. The molecule has 26 heavy (non-hydrogen) atoms. The number of hydrogen-bond donors (Lipinski definition) is 0. The number of ether oxygens (including phenoxy) is 3. The average molecular weight is 364 g/mol. The molecule has 3 aliphatic carbocycles. The van der Waals surface area contributed by atoms with Crippen molar-refractivity contribution in [3.8, 4) is 0 Å². The Morgan fingerprint density at radius 3 is 1.58 bits per heavy atom. The van der Waals surface area contributed by atoms with Crippen molar-refractivity contribution in [1.82, 2.24) is 0 Å². The van der Waals surface area contributed by atoms with Crippen LogP contribution in [0, 0.1) is 41.4 Å². The standard InChI is InChI=1S/C20H28O6/c1-9(2)20(26-12(5)23)19-17-13-6-14(18(17)19)16(8-25-11(4)22)15(13)7-24-10(3)21/h13-19H,6-8H2,1-5H3/t13-,14+,15-,16+,17-,18+,19?. The van der Waals surface area contributed by atoms with Crippen LogP contribution in [0.3, 0.4) is 0 Å². The van der Waals surface area contributed by atoms with Crippen LogP contribution in [0.5, 0.6) is 0 Å². The zero-order chi connectivity index (χ0) is 19.2. The monoisotopic (exact) mass is 364 g/mol. The number of carbonyl (C=O) groups is 3. The molecule has 0 aromatic heterocycles. The van der Waals surface area contributed by atoms with Gasteiger partial charge in [0, 0.05) is 38.5 Å². The van der Waals surface area contributed by atoms with E-state index in [0.717, 1.165) is 17.8 Å². The number of carbonyl (C=O) groups excluding carboxylic acids is 3. The molecule has 144 valence electrons. The summed E-state index contributed by atoms with van der Waals surface area (Å²) in [4.78, 5) is 34.1. The first-order valence-corrected chi connectivity index (χ1v) is 9.34. The molecule has 3 rings (SSSR count). The Balaban J connectivity index is 1.78. The molecule has 7 atom stereocenters. The molecule has 3 fully saturated rings. The molecular weight excluding hydrogens is 336 g/mol. The lowest BCUT2D eigenvalue weighted by molar-refractivity contribution is -0.148. The molecule has 0 spiro atoms. The highest BCUT2D eigenvalue weighted by Gasteiger charge is 2.72. The van der Waals surface area contributed by atoms with E-state index in [9.17, 15) is 14.4 Å². The van der Waals surface area contributed by atoms with Crippen LogP contribution in [0.1, 0.15) is 41.0 Å². The van der Waals surface area contributed by atoms with Crippen molar-refractivity contribution in [2.24, 2.45) is 41.4 Å². The second-order valence-electron chi connectivity index (χ2n) is 8.13. The summed E-state index contributed by atoms with van der Waals surface area (Å²) in [6, 6.07) is 0. The third-order valence-electron chi connectivity index (χ3n) is 6.32. The van der Waals surface area contributed by atoms with E-state index in [1.165, 1.54) is 20.8 Å². The highest BCUT2D eigenvalue weighted by atomic mass is 16.5. The maximum atomic E-state index is 11.5. The SMILES string of the molecule is CC(=O)OC[C@@H]1[C@H](COC(C)=O)[C@H]2C[C@@H]1[C@@H]1C(C(OC(C)=O)=C(C)C)[C@H]21. The van der Waals surface area contributed by atoms with Crippen LogP contribution >= 0.6 is 0 Å². The largest absolute Gasteiger partial charge is 0.466 e. The lowest BCUT2D eigenvalue weighted by Crippen LogP contribution is -2.32. The zero-order valence-corrected chi connectivity index (χ0v) is 16.1. The Hall–Kier alpha value is -1.85. The summed E-state index contributed by atoms with van der Waals surface area (Å²) in [6.45, 7) is 8.95. The summed E-state index contributed by atoms with van der Waals surface area (Å²) in [7, 11) is 0. The van der Waals surface area contributed by atoms with E-state index in [-0.39, 0.29) is 35.7 Å². The first-order chi connectivity index (χ1) is 12.2. The molecule has 6 nitrogen and oxygen atoms in total. The van der Waals surface area contributed by atoms with Crippen LogP contribution in [0.2, 0.25) is 0 Å². The van der Waals surface area contributed by atoms with Gasteiger partial charge in [0.05, 0.1) is 13.2 Å². The highest BCUT2D eigenvalue weighted by molar-refractivity contribution is 5.68. The Kier molecular flexibility index (Phi) is 5.13. The molecule has 0 saturated heterocycles. The number of esters is 3. The summed E-state index contributed by atoms with van der Waals surface area (Å²) < 4.78 is 16.2. The van der Waals surface area contributed by atoms with Crippen molar-refractivity contribution in [1.29, 1.82) is 0 Å². The van der Waals surface area contributed by atoms with Gasteiger partial charge in [0.1, 0.15) is 5.76 Å². The predicted molar refractivity (Wildman–Crippen MR) is 92.5 cm³/mol. The maximum Gasteiger partial charge on any atom is 0.307 e. The molecule has 0 aromatic carbocycles. The van der Waals surface area contributed by atoms with E-state index >= 15 is 0 Å². The van der Waals surface area contributed by atoms with Crippen LogP contribution in [-0.2, 0) is 28.6 Å². The fourth-order valence-corrected chi connectivity index (χ4v) is 5.58. The summed E-state index contributed by atoms with van der Waals surface area (Å²) in [5, 5.41) is 0. The van der Waals surface area contributed by atoms with Crippen molar-refractivity contribution in [2.45, 2.75) is 41.0 Å². The van der Waals surface area contributed by atoms with Gasteiger partial charge in [-0.15, -0.1) is 0 Å². The van der Waals surface area contributed by atoms with E-state index in [0.29, 0.717) is 36.9 Å². The Labute approximate surface area is 154 Å². The molecule has 0 amide bonds. The van der Waals surface area contributed by atoms with E-state index < -0.39 is 0 Å². The quantitative estimate of drug-likeness (QED) is 0.410. The van der Waals surface area contributed by atoms with Crippen LogP contribution in [0.15, 0.2) is 11.3 Å². The fourth-order valence-electron chi connectivity index (χ4n) is 5.58. The molecule has 3 aliphatic rings. The second-order valence-corrected chi connectivity index (χ2v) is 8.13. The molecule has 0 aromatic rings. The van der Waals surface area contributed by atoms with Gasteiger partial charge in [-0.3, -0.25) is 14.4 Å². The molecule has 3 saturated carbocycles. The van der Waals surface area contributed by atoms with Crippen molar-refractivity contribution in [3.63, 3.8) is 0 Å². The normalized spacial score (nSPS) is 36.1. The first-order valence-electron chi connectivity index (χ1n) is 9.34. The van der Waals surface area contributed by atoms with Crippen LogP contribution in [0.25, 0.3) is 0 Å². The number of rotatable bonds is 6. The zero-order valence-electron chi connectivity index (χ0n) is 16.1. The third kappa shape index (κ3) is 3.38. The van der Waals surface area contributed by atoms with Crippen molar-refractivity contribution in [3.05, 3.63) is 11.3 Å². The van der Waals surface area contributed by atoms with Gasteiger partial charge in [-0.2, -0.15) is 0 Å². The Morgan fingerprint density at radius 2 is 1.23 bits per heavy atom. The van der Waals surface area contributed by atoms with E-state index in [2.05, 4.69) is 0 Å². The van der Waals surface area contributed by atoms with Gasteiger partial charge in [-0.05, 0) is 49.5 Å². The van der Waals surface area contributed by atoms with Crippen molar-refractivity contribution >= 4 is 17.9 Å². The summed E-state index contributed by atoms with van der Waals surface area (Å²) in [6.07, 6.45) is 1.07. The summed E-state index contributed by atoms with van der Waals surface area (Å²) >= 11 is 0. The minimum absolute atomic E-state index is 0.199. The fraction of sp³-hybridized carbons (Fsp3) is 0.750. The van der Waals surface area contributed by atoms with Gasteiger partial charge in [-0.25, -0.2) is 0 Å². The van der Waals surface area contributed by atoms with E-state index in [1.807, 2.05) is 13.8 Å². The van der Waals surface area contributed by atoms with Gasteiger partial charge < -0.3 is 14.2 Å². The average Bonchev–Trinajstić information content (AvgIpc) is 3.00. The molecule has 0 N–H and O–H groups in total. The minimum atomic E-state index is -0.286. The van der Waals surface area contributed by atoms with Gasteiger partial charge in [0.2, 0.25) is 0 Å². The highest BCUT2D eigenvalue weighted by Crippen LogP contribution is 2.74. The molecule has 0 heterocycles. The smallest absolute Gasteiger partial charge is 0.307 e. The molecular formula is C20H28O6. The van der Waals surface area contributed by atoms with Gasteiger partial charge >= 0.3 is 17.9 Å². The Morgan fingerprint density at radius 1 is 0.769 bits per heavy atom. The maximum absolute atomic E-state index is 11.5. The number of fused-ring (bicyclic) bond motifs is 5. The molecule has 6 heteroatoms. The van der Waals surface area contributed by atoms with Gasteiger partial charge in [-0.1, -0.05) is 0 Å². The topological polar surface area (TPSA) is 78.9 Å². The minimum Gasteiger partial charge on any atom is -0.466 e. The van der Waals surface area contributed by atoms with Crippen molar-refractivity contribution in [2.75, 3.05) is 13.2 Å². The molecule has 2 bridgehead atoms. The van der Waals surface area contributed by atoms with Crippen LogP contribution in [0.4, 0.5) is 0 Å². The molecule has 0 aliphatic heterocycles. The van der Waals surface area contributed by atoms with Crippen LogP contribution < -0.4 is 0 Å². The van der Waals surface area contributed by atoms with E-state index in [1.54, 1.807) is 0 Å². The summed E-state index contributed by atoms with van der Waals surface area (Å²) in [5.41, 5.74) is 1.03. The van der Waals surface area contributed by atoms with Gasteiger partial charge in [0.25, 0.3) is 0 Å². The number of hydrogen-bond acceptors (Lipinski definition) is 6. The molecule has 1 unspecified atom stereocenters. The third-order valence-corrected chi connectivity index (χ3v) is 6.32. The first kappa shape index (κ1) is 18.9. The Bertz CT molecular complexity index is 611. The van der Waals surface area contributed by atoms with Crippen LogP contribution in [-0.4, -0.2) is 31.1 Å². The molecule has 0 radical (unpaired) electrons. The predicted octanol–water partition coefficient (Wildman–Crippen LogP) is 2.71. The summed E-state index contributed by atoms with van der Waals surface area (Å²) in [5.74, 6) is 2.38. The lowest BCUT2D eigenvalue weighted by Gasteiger charge is -2.29. The van der Waals surface area contributed by atoms with Crippen molar-refractivity contribution < 1.29 is 28.6 Å². The second kappa shape index (κ2) is 7.05.